The van der Waals surface area contributed by atoms with Crippen LogP contribution in [-0.4, -0.2) is 22.9 Å². The lowest BCUT2D eigenvalue weighted by Gasteiger charge is -2.29. The van der Waals surface area contributed by atoms with Crippen molar-refractivity contribution in [2.75, 3.05) is 0 Å². The number of hydrogen-bond donors (Lipinski definition) is 0. The summed E-state index contributed by atoms with van der Waals surface area (Å²) in [7, 11) is 0. The summed E-state index contributed by atoms with van der Waals surface area (Å²) in [6, 6.07) is 4.14. The first-order valence-electron chi connectivity index (χ1n) is 5.98. The Hall–Kier alpha value is -1.51. The van der Waals surface area contributed by atoms with Crippen molar-refractivity contribution in [3.63, 3.8) is 0 Å². The van der Waals surface area contributed by atoms with Crippen LogP contribution < -0.4 is 0 Å². The molecule has 0 saturated heterocycles. The number of carbonyl (C=O) groups excluding carboxylic acids is 1. The van der Waals surface area contributed by atoms with Crippen LogP contribution in [0.2, 0.25) is 0 Å². The molecular weight excluding hydrogens is 214 g/mol. The zero-order valence-electron chi connectivity index (χ0n) is 11.2. The van der Waals surface area contributed by atoms with Crippen LogP contribution in [0.3, 0.4) is 0 Å². The van der Waals surface area contributed by atoms with Crippen LogP contribution in [0.4, 0.5) is 0 Å². The SMILES string of the molecule is Cc1ccc(/C=C\C(=O)N(C(C)C)C(C)C)o1. The minimum atomic E-state index is 0.0176. The summed E-state index contributed by atoms with van der Waals surface area (Å²) in [6.07, 6.45) is 3.28. The third kappa shape index (κ3) is 3.77. The molecule has 0 atom stereocenters. The van der Waals surface area contributed by atoms with Crippen LogP contribution >= 0.6 is 0 Å². The highest BCUT2D eigenvalue weighted by molar-refractivity contribution is 5.91. The fraction of sp³-hybridized carbons (Fsp3) is 0.500. The van der Waals surface area contributed by atoms with Crippen molar-refractivity contribution in [3.05, 3.63) is 29.7 Å². The van der Waals surface area contributed by atoms with E-state index in [4.69, 9.17) is 4.42 Å². The van der Waals surface area contributed by atoms with Gasteiger partial charge in [-0.05, 0) is 52.8 Å². The number of amides is 1. The fourth-order valence-electron chi connectivity index (χ4n) is 1.89. The van der Waals surface area contributed by atoms with Gasteiger partial charge in [-0.25, -0.2) is 0 Å². The van der Waals surface area contributed by atoms with Crippen molar-refractivity contribution < 1.29 is 9.21 Å². The van der Waals surface area contributed by atoms with Crippen molar-refractivity contribution >= 4 is 12.0 Å². The Balaban J connectivity index is 2.73. The van der Waals surface area contributed by atoms with Gasteiger partial charge in [-0.2, -0.15) is 0 Å². The summed E-state index contributed by atoms with van der Waals surface area (Å²) in [6.45, 7) is 9.95. The average molecular weight is 235 g/mol. The van der Waals surface area contributed by atoms with Gasteiger partial charge in [0.15, 0.2) is 0 Å². The highest BCUT2D eigenvalue weighted by Crippen LogP contribution is 2.10. The van der Waals surface area contributed by atoms with Crippen molar-refractivity contribution in [1.82, 2.24) is 4.90 Å². The van der Waals surface area contributed by atoms with E-state index in [1.165, 1.54) is 0 Å². The van der Waals surface area contributed by atoms with E-state index >= 15 is 0 Å². The summed E-state index contributed by atoms with van der Waals surface area (Å²) >= 11 is 0. The molecule has 0 spiro atoms. The molecule has 1 amide bonds. The normalized spacial score (nSPS) is 11.7. The Bertz CT molecular complexity index is 394. The molecule has 0 aromatic carbocycles. The summed E-state index contributed by atoms with van der Waals surface area (Å²) in [5.41, 5.74) is 0. The van der Waals surface area contributed by atoms with Gasteiger partial charge in [-0.3, -0.25) is 4.79 Å². The molecule has 1 aromatic rings. The average Bonchev–Trinajstić information content (AvgIpc) is 2.60. The number of nitrogens with zero attached hydrogens (tertiary/aromatic N) is 1. The van der Waals surface area contributed by atoms with Crippen molar-refractivity contribution in [2.45, 2.75) is 46.7 Å². The van der Waals surface area contributed by atoms with Crippen LogP contribution in [-0.2, 0) is 4.79 Å². The predicted molar refractivity (Wildman–Crippen MR) is 69.6 cm³/mol. The summed E-state index contributed by atoms with van der Waals surface area (Å²) in [4.78, 5) is 13.8. The summed E-state index contributed by atoms with van der Waals surface area (Å²) < 4.78 is 5.38. The number of aryl methyl sites for hydroxylation is 1. The minimum Gasteiger partial charge on any atom is -0.462 e. The Morgan fingerprint density at radius 1 is 1.24 bits per heavy atom. The van der Waals surface area contributed by atoms with Gasteiger partial charge in [0.25, 0.3) is 0 Å². The number of carbonyl (C=O) groups is 1. The maximum Gasteiger partial charge on any atom is 0.247 e. The third-order valence-corrected chi connectivity index (χ3v) is 2.52. The Morgan fingerprint density at radius 3 is 2.24 bits per heavy atom. The van der Waals surface area contributed by atoms with Gasteiger partial charge < -0.3 is 9.32 Å². The van der Waals surface area contributed by atoms with Crippen LogP contribution in [0, 0.1) is 6.92 Å². The zero-order chi connectivity index (χ0) is 13.0. The second kappa shape index (κ2) is 5.71. The van der Waals surface area contributed by atoms with Gasteiger partial charge in [0, 0.05) is 18.2 Å². The molecule has 94 valence electrons. The lowest BCUT2D eigenvalue weighted by atomic mass is 10.2. The highest BCUT2D eigenvalue weighted by atomic mass is 16.3. The van der Waals surface area contributed by atoms with E-state index < -0.39 is 0 Å². The molecule has 0 N–H and O–H groups in total. The molecule has 17 heavy (non-hydrogen) atoms. The van der Waals surface area contributed by atoms with E-state index in [1.807, 2.05) is 51.7 Å². The van der Waals surface area contributed by atoms with E-state index in [9.17, 15) is 4.79 Å². The van der Waals surface area contributed by atoms with Crippen LogP contribution in [0.1, 0.15) is 39.2 Å². The molecule has 1 heterocycles. The minimum absolute atomic E-state index is 0.0176. The van der Waals surface area contributed by atoms with E-state index in [0.29, 0.717) is 5.76 Å². The van der Waals surface area contributed by atoms with Crippen molar-refractivity contribution in [3.8, 4) is 0 Å². The first-order chi connectivity index (χ1) is 7.91. The smallest absolute Gasteiger partial charge is 0.247 e. The highest BCUT2D eigenvalue weighted by Gasteiger charge is 2.17. The van der Waals surface area contributed by atoms with Gasteiger partial charge in [-0.1, -0.05) is 0 Å². The standard InChI is InChI=1S/C14H21NO2/c1-10(2)15(11(3)4)14(16)9-8-13-7-6-12(5)17-13/h6-11H,1-5H3/b9-8-. The van der Waals surface area contributed by atoms with Gasteiger partial charge >= 0.3 is 0 Å². The number of rotatable bonds is 4. The van der Waals surface area contributed by atoms with Gasteiger partial charge in [0.1, 0.15) is 11.5 Å². The zero-order valence-corrected chi connectivity index (χ0v) is 11.2. The van der Waals surface area contributed by atoms with Crippen molar-refractivity contribution in [2.24, 2.45) is 0 Å². The van der Waals surface area contributed by atoms with E-state index in [0.717, 1.165) is 5.76 Å². The van der Waals surface area contributed by atoms with Crippen LogP contribution in [0.25, 0.3) is 6.08 Å². The number of hydrogen-bond acceptors (Lipinski definition) is 2. The first-order valence-corrected chi connectivity index (χ1v) is 5.98. The Labute approximate surface area is 103 Å². The second-order valence-electron chi connectivity index (χ2n) is 4.71. The predicted octanol–water partition coefficient (Wildman–Crippen LogP) is 3.25. The van der Waals surface area contributed by atoms with E-state index in [-0.39, 0.29) is 18.0 Å². The molecule has 0 saturated carbocycles. The topological polar surface area (TPSA) is 33.5 Å². The monoisotopic (exact) mass is 235 g/mol. The van der Waals surface area contributed by atoms with Gasteiger partial charge in [-0.15, -0.1) is 0 Å². The Kier molecular flexibility index (Phi) is 4.55. The molecule has 0 unspecified atom stereocenters. The number of furan rings is 1. The molecule has 0 bridgehead atoms. The second-order valence-corrected chi connectivity index (χ2v) is 4.71. The quantitative estimate of drug-likeness (QED) is 0.751. The molecule has 3 heteroatoms. The van der Waals surface area contributed by atoms with Gasteiger partial charge in [0.05, 0.1) is 0 Å². The van der Waals surface area contributed by atoms with E-state index in [1.54, 1.807) is 12.2 Å². The first kappa shape index (κ1) is 13.6. The molecule has 1 aromatic heterocycles. The lowest BCUT2D eigenvalue weighted by Crippen LogP contribution is -2.41. The molecule has 3 nitrogen and oxygen atoms in total. The van der Waals surface area contributed by atoms with Crippen LogP contribution in [0.5, 0.6) is 0 Å². The van der Waals surface area contributed by atoms with Crippen molar-refractivity contribution in [1.29, 1.82) is 0 Å². The van der Waals surface area contributed by atoms with Gasteiger partial charge in [0.2, 0.25) is 5.91 Å². The van der Waals surface area contributed by atoms with E-state index in [2.05, 4.69) is 0 Å². The largest absolute Gasteiger partial charge is 0.462 e. The summed E-state index contributed by atoms with van der Waals surface area (Å²) in [5.74, 6) is 1.58. The molecule has 0 radical (unpaired) electrons. The maximum absolute atomic E-state index is 12.0. The van der Waals surface area contributed by atoms with Crippen LogP contribution in [0.15, 0.2) is 22.6 Å². The molecule has 0 fully saturated rings. The molecule has 0 aliphatic heterocycles. The Morgan fingerprint density at radius 2 is 1.82 bits per heavy atom. The molecule has 0 aliphatic carbocycles. The molecule has 0 aliphatic rings. The molecular formula is C14H21NO2. The molecule has 1 rings (SSSR count). The fourth-order valence-corrected chi connectivity index (χ4v) is 1.89. The summed E-state index contributed by atoms with van der Waals surface area (Å²) in [5, 5.41) is 0. The lowest BCUT2D eigenvalue weighted by molar-refractivity contribution is -0.129. The maximum atomic E-state index is 12.0. The third-order valence-electron chi connectivity index (χ3n) is 2.52.